The van der Waals surface area contributed by atoms with E-state index >= 15 is 0 Å². The van der Waals surface area contributed by atoms with Gasteiger partial charge in [0.1, 0.15) is 0 Å². The van der Waals surface area contributed by atoms with Crippen molar-refractivity contribution in [2.24, 2.45) is 0 Å². The van der Waals surface area contributed by atoms with E-state index in [1.807, 2.05) is 42.2 Å². The number of aliphatic carboxylic acids is 1. The molecular weight excluding hydrogens is 365 g/mol. The molecule has 1 aromatic carbocycles. The molecule has 1 saturated heterocycles. The topological polar surface area (TPSA) is 92.8 Å². The summed E-state index contributed by atoms with van der Waals surface area (Å²) in [6, 6.07) is 10.0. The van der Waals surface area contributed by atoms with Gasteiger partial charge in [-0.2, -0.15) is 0 Å². The Bertz CT molecular complexity index is 649. The monoisotopic (exact) mass is 395 g/mol. The number of nitrogens with zero attached hydrogens (tertiary/aromatic N) is 2. The third kappa shape index (κ3) is 8.61. The predicted molar refractivity (Wildman–Crippen MR) is 106 cm³/mol. The summed E-state index contributed by atoms with van der Waals surface area (Å²) in [6.07, 6.45) is 2.72. The van der Waals surface area contributed by atoms with Crippen LogP contribution in [0.15, 0.2) is 30.3 Å². The van der Waals surface area contributed by atoms with Crippen LogP contribution in [0.5, 0.6) is 0 Å². The first kappa shape index (κ1) is 25.2. The normalized spacial score (nSPS) is 14.7. The third-order valence-corrected chi connectivity index (χ3v) is 5.06. The molecule has 8 heteroatoms. The Morgan fingerprint density at radius 2 is 1.79 bits per heavy atom. The number of anilines is 1. The number of hydrogen-bond acceptors (Lipinski definition) is 5. The van der Waals surface area contributed by atoms with Gasteiger partial charge in [-0.25, -0.2) is 0 Å². The van der Waals surface area contributed by atoms with Crippen molar-refractivity contribution in [3.63, 3.8) is 0 Å². The summed E-state index contributed by atoms with van der Waals surface area (Å²) in [5.74, 6) is -1.10. The Morgan fingerprint density at radius 3 is 2.38 bits per heavy atom. The standard InChI is InChI=1S/C21H31N3O4.Li/c1-2-20(26)24(17-7-4-3-5-8-17)18-11-14-23(15-12-18)16-13-22-19(25)9-6-10-21(27)28;/h3-5,7-8,18H,2,6,9-16H2,1H3,(H,22,25)(H,27,28);/q;+1/p-1. The Morgan fingerprint density at radius 1 is 1.14 bits per heavy atom. The van der Waals surface area contributed by atoms with Crippen LogP contribution >= 0.6 is 0 Å². The molecule has 0 saturated carbocycles. The molecule has 1 heterocycles. The number of amides is 2. The smallest absolute Gasteiger partial charge is 0.550 e. The molecule has 7 nitrogen and oxygen atoms in total. The fourth-order valence-electron chi connectivity index (χ4n) is 3.55. The number of carboxylic acid groups (broad SMARTS) is 1. The molecule has 0 bridgehead atoms. The van der Waals surface area contributed by atoms with Crippen LogP contribution in [-0.4, -0.2) is 54.9 Å². The van der Waals surface area contributed by atoms with Crippen LogP contribution in [-0.2, 0) is 14.4 Å². The van der Waals surface area contributed by atoms with Gasteiger partial charge in [-0.3, -0.25) is 9.59 Å². The third-order valence-electron chi connectivity index (χ3n) is 5.06. The van der Waals surface area contributed by atoms with Crippen LogP contribution in [0.1, 0.15) is 45.4 Å². The maximum absolute atomic E-state index is 12.5. The van der Waals surface area contributed by atoms with Crippen molar-refractivity contribution in [3.05, 3.63) is 30.3 Å². The zero-order valence-electron chi connectivity index (χ0n) is 17.6. The zero-order chi connectivity index (χ0) is 20.4. The van der Waals surface area contributed by atoms with E-state index in [2.05, 4.69) is 10.2 Å². The van der Waals surface area contributed by atoms with Crippen molar-refractivity contribution in [2.75, 3.05) is 31.1 Å². The van der Waals surface area contributed by atoms with Crippen LogP contribution in [0, 0.1) is 0 Å². The van der Waals surface area contributed by atoms with Gasteiger partial charge in [0.2, 0.25) is 11.8 Å². The summed E-state index contributed by atoms with van der Waals surface area (Å²) >= 11 is 0. The number of carbonyl (C=O) groups is 3. The van der Waals surface area contributed by atoms with E-state index in [0.717, 1.165) is 38.2 Å². The molecule has 1 fully saturated rings. The SMILES string of the molecule is CCC(=O)N(c1ccccc1)C1CCN(CCNC(=O)CCCC(=O)[O-])CC1.[Li+]. The Labute approximate surface area is 185 Å². The summed E-state index contributed by atoms with van der Waals surface area (Å²) in [5.41, 5.74) is 0.955. The molecule has 0 unspecified atom stereocenters. The van der Waals surface area contributed by atoms with Crippen LogP contribution in [0.25, 0.3) is 0 Å². The fourth-order valence-corrected chi connectivity index (χ4v) is 3.55. The molecule has 1 aliphatic heterocycles. The average molecular weight is 395 g/mol. The number of para-hydroxylation sites is 1. The molecule has 29 heavy (non-hydrogen) atoms. The molecular formula is C21H30LiN3O4. The van der Waals surface area contributed by atoms with E-state index in [-0.39, 0.29) is 49.6 Å². The fraction of sp³-hybridized carbons (Fsp3) is 0.571. The van der Waals surface area contributed by atoms with Gasteiger partial charge in [0.05, 0.1) is 0 Å². The van der Waals surface area contributed by atoms with Crippen molar-refractivity contribution in [1.82, 2.24) is 10.2 Å². The van der Waals surface area contributed by atoms with Gasteiger partial charge in [0.15, 0.2) is 0 Å². The predicted octanol–water partition coefficient (Wildman–Crippen LogP) is -2.07. The van der Waals surface area contributed by atoms with Crippen molar-refractivity contribution < 1.29 is 38.4 Å². The van der Waals surface area contributed by atoms with E-state index < -0.39 is 5.97 Å². The number of carboxylic acids is 1. The largest absolute Gasteiger partial charge is 1.00 e. The first-order valence-corrected chi connectivity index (χ1v) is 10.1. The van der Waals surface area contributed by atoms with Crippen molar-refractivity contribution >= 4 is 23.5 Å². The Kier molecular flexibility index (Phi) is 11.7. The first-order chi connectivity index (χ1) is 13.5. The Hall–Kier alpha value is -1.81. The second-order valence-electron chi connectivity index (χ2n) is 7.10. The summed E-state index contributed by atoms with van der Waals surface area (Å²) in [5, 5.41) is 13.2. The second kappa shape index (κ2) is 13.4. The summed E-state index contributed by atoms with van der Waals surface area (Å²) in [6.45, 7) is 4.96. The zero-order valence-corrected chi connectivity index (χ0v) is 17.6. The van der Waals surface area contributed by atoms with E-state index in [0.29, 0.717) is 19.4 Å². The second-order valence-corrected chi connectivity index (χ2v) is 7.10. The number of likely N-dealkylation sites (tertiary alicyclic amines) is 1. The van der Waals surface area contributed by atoms with Crippen molar-refractivity contribution in [3.8, 4) is 0 Å². The Balaban J connectivity index is 0.00000420. The molecule has 154 valence electrons. The molecule has 0 aliphatic carbocycles. The van der Waals surface area contributed by atoms with Gasteiger partial charge in [-0.15, -0.1) is 0 Å². The van der Waals surface area contributed by atoms with Crippen molar-refractivity contribution in [2.45, 2.75) is 51.5 Å². The molecule has 0 radical (unpaired) electrons. The number of rotatable bonds is 10. The summed E-state index contributed by atoms with van der Waals surface area (Å²) in [4.78, 5) is 38.8. The average Bonchev–Trinajstić information content (AvgIpc) is 2.69. The van der Waals surface area contributed by atoms with Crippen LogP contribution in [0.2, 0.25) is 0 Å². The van der Waals surface area contributed by atoms with Gasteiger partial charge in [-0.1, -0.05) is 25.1 Å². The van der Waals surface area contributed by atoms with E-state index in [4.69, 9.17) is 0 Å². The van der Waals surface area contributed by atoms with Gasteiger partial charge < -0.3 is 25.0 Å². The number of benzene rings is 1. The maximum Gasteiger partial charge on any atom is 1.00 e. The molecule has 2 amide bonds. The van der Waals surface area contributed by atoms with E-state index in [9.17, 15) is 19.5 Å². The molecule has 2 rings (SSSR count). The van der Waals surface area contributed by atoms with Gasteiger partial charge >= 0.3 is 18.9 Å². The first-order valence-electron chi connectivity index (χ1n) is 10.1. The molecule has 0 spiro atoms. The van der Waals surface area contributed by atoms with Gasteiger partial charge in [-0.05, 0) is 37.8 Å². The maximum atomic E-state index is 12.5. The van der Waals surface area contributed by atoms with Crippen molar-refractivity contribution in [1.29, 1.82) is 0 Å². The van der Waals surface area contributed by atoms with Crippen LogP contribution < -0.4 is 34.2 Å². The molecule has 1 aromatic rings. The number of carbonyl (C=O) groups excluding carboxylic acids is 3. The van der Waals surface area contributed by atoms with Gasteiger partial charge in [0.25, 0.3) is 0 Å². The summed E-state index contributed by atoms with van der Waals surface area (Å²) in [7, 11) is 0. The number of hydrogen-bond donors (Lipinski definition) is 1. The van der Waals surface area contributed by atoms with E-state index in [1.165, 1.54) is 0 Å². The molecule has 0 aromatic heterocycles. The van der Waals surface area contributed by atoms with Crippen LogP contribution in [0.3, 0.4) is 0 Å². The minimum atomic E-state index is -1.12. The van der Waals surface area contributed by atoms with Crippen LogP contribution in [0.4, 0.5) is 5.69 Å². The summed E-state index contributed by atoms with van der Waals surface area (Å²) < 4.78 is 0. The molecule has 1 aliphatic rings. The van der Waals surface area contributed by atoms with E-state index in [1.54, 1.807) is 0 Å². The minimum Gasteiger partial charge on any atom is -0.550 e. The quantitative estimate of drug-likeness (QED) is 0.460. The molecule has 1 N–H and O–H groups in total. The number of piperidine rings is 1. The molecule has 0 atom stereocenters. The number of nitrogens with one attached hydrogen (secondary N) is 1. The van der Waals surface area contributed by atoms with Gasteiger partial charge in [0, 0.05) is 56.7 Å². The minimum absolute atomic E-state index is 0.